The molecule has 0 unspecified atom stereocenters. The Kier molecular flexibility index (Phi) is 6.03. The highest BCUT2D eigenvalue weighted by Gasteiger charge is 2.05. The number of rotatable bonds is 6. The lowest BCUT2D eigenvalue weighted by Gasteiger charge is -2.10. The first-order valence-electron chi connectivity index (χ1n) is 6.66. The van der Waals surface area contributed by atoms with Gasteiger partial charge in [0.2, 0.25) is 0 Å². The molecular formula is C16H16BrClFNO. The Balaban J connectivity index is 2.01. The summed E-state index contributed by atoms with van der Waals surface area (Å²) in [5.74, 6) is -0.0188. The average molecular weight is 373 g/mol. The van der Waals surface area contributed by atoms with Gasteiger partial charge in [0.25, 0.3) is 0 Å². The third-order valence-electron chi connectivity index (χ3n) is 2.98. The lowest BCUT2D eigenvalue weighted by molar-refractivity contribution is 0.304. The maximum Gasteiger partial charge on any atom is 0.145 e. The molecule has 0 aliphatic rings. The van der Waals surface area contributed by atoms with E-state index in [-0.39, 0.29) is 5.02 Å². The molecule has 2 aromatic rings. The standard InChI is InChI=1S/C16H16BrClFNO/c1-2-20-9-11-3-4-12(14(17)7-11)10-21-13-5-6-15(18)16(19)8-13/h3-8,20H,2,9-10H2,1H3. The first-order chi connectivity index (χ1) is 10.1. The highest BCUT2D eigenvalue weighted by Crippen LogP contribution is 2.23. The molecule has 0 aliphatic carbocycles. The Bertz CT molecular complexity index is 621. The van der Waals surface area contributed by atoms with Crippen molar-refractivity contribution in [3.8, 4) is 5.75 Å². The van der Waals surface area contributed by atoms with Gasteiger partial charge in [-0.1, -0.05) is 46.6 Å². The molecule has 0 aliphatic heterocycles. The van der Waals surface area contributed by atoms with Crippen molar-refractivity contribution in [2.75, 3.05) is 6.54 Å². The van der Waals surface area contributed by atoms with Crippen molar-refractivity contribution in [2.45, 2.75) is 20.1 Å². The van der Waals surface area contributed by atoms with Gasteiger partial charge in [0.05, 0.1) is 5.02 Å². The van der Waals surface area contributed by atoms with Gasteiger partial charge in [-0.3, -0.25) is 0 Å². The number of halogens is 3. The summed E-state index contributed by atoms with van der Waals surface area (Å²) in [6.45, 7) is 4.20. The second-order valence-electron chi connectivity index (χ2n) is 4.57. The molecule has 0 radical (unpaired) electrons. The van der Waals surface area contributed by atoms with E-state index in [1.54, 1.807) is 6.07 Å². The lowest BCUT2D eigenvalue weighted by atomic mass is 10.1. The normalized spacial score (nSPS) is 10.7. The first-order valence-corrected chi connectivity index (χ1v) is 7.83. The molecule has 0 bridgehead atoms. The summed E-state index contributed by atoms with van der Waals surface area (Å²) in [7, 11) is 0. The molecular weight excluding hydrogens is 357 g/mol. The molecule has 2 rings (SSSR count). The van der Waals surface area contributed by atoms with Crippen molar-refractivity contribution in [3.63, 3.8) is 0 Å². The zero-order chi connectivity index (χ0) is 15.2. The van der Waals surface area contributed by atoms with Crippen molar-refractivity contribution in [3.05, 3.63) is 62.8 Å². The molecule has 112 valence electrons. The second kappa shape index (κ2) is 7.78. The molecule has 0 saturated carbocycles. The summed E-state index contributed by atoms with van der Waals surface area (Å²) in [4.78, 5) is 0. The SMILES string of the molecule is CCNCc1ccc(COc2ccc(Cl)c(F)c2)c(Br)c1. The Morgan fingerprint density at radius 2 is 2.05 bits per heavy atom. The number of ether oxygens (including phenoxy) is 1. The van der Waals surface area contributed by atoms with Crippen LogP contribution < -0.4 is 10.1 Å². The molecule has 0 spiro atoms. The van der Waals surface area contributed by atoms with Crippen molar-refractivity contribution in [1.29, 1.82) is 0 Å². The molecule has 21 heavy (non-hydrogen) atoms. The smallest absolute Gasteiger partial charge is 0.145 e. The van der Waals surface area contributed by atoms with E-state index in [9.17, 15) is 4.39 Å². The van der Waals surface area contributed by atoms with Crippen LogP contribution in [0.4, 0.5) is 4.39 Å². The van der Waals surface area contributed by atoms with E-state index >= 15 is 0 Å². The van der Waals surface area contributed by atoms with Gasteiger partial charge in [-0.25, -0.2) is 4.39 Å². The summed E-state index contributed by atoms with van der Waals surface area (Å²) >= 11 is 9.17. The zero-order valence-electron chi connectivity index (χ0n) is 11.6. The average Bonchev–Trinajstić information content (AvgIpc) is 2.47. The van der Waals surface area contributed by atoms with Crippen LogP contribution in [0, 0.1) is 5.82 Å². The predicted octanol–water partition coefficient (Wildman–Crippen LogP) is 4.93. The second-order valence-corrected chi connectivity index (χ2v) is 5.83. The van der Waals surface area contributed by atoms with E-state index in [1.165, 1.54) is 17.7 Å². The Labute approximate surface area is 137 Å². The molecule has 2 aromatic carbocycles. The quantitative estimate of drug-likeness (QED) is 0.776. The number of benzene rings is 2. The third kappa shape index (κ3) is 4.70. The number of hydrogen-bond donors (Lipinski definition) is 1. The van der Waals surface area contributed by atoms with E-state index in [1.807, 2.05) is 6.07 Å². The van der Waals surface area contributed by atoms with Crippen molar-refractivity contribution >= 4 is 27.5 Å². The van der Waals surface area contributed by atoms with E-state index in [4.69, 9.17) is 16.3 Å². The van der Waals surface area contributed by atoms with Crippen LogP contribution in [0.3, 0.4) is 0 Å². The minimum Gasteiger partial charge on any atom is -0.489 e. The summed E-state index contributed by atoms with van der Waals surface area (Å²) < 4.78 is 19.9. The molecule has 0 heterocycles. The Morgan fingerprint density at radius 1 is 1.24 bits per heavy atom. The monoisotopic (exact) mass is 371 g/mol. The molecule has 0 fully saturated rings. The predicted molar refractivity (Wildman–Crippen MR) is 87.3 cm³/mol. The van der Waals surface area contributed by atoms with Crippen LogP contribution in [0.25, 0.3) is 0 Å². The molecule has 2 nitrogen and oxygen atoms in total. The van der Waals surface area contributed by atoms with Gasteiger partial charge in [-0.15, -0.1) is 0 Å². The molecule has 0 atom stereocenters. The summed E-state index contributed by atoms with van der Waals surface area (Å²) in [6.07, 6.45) is 0. The number of nitrogens with one attached hydrogen (secondary N) is 1. The molecule has 5 heteroatoms. The van der Waals surface area contributed by atoms with E-state index < -0.39 is 5.82 Å². The molecule has 0 amide bonds. The van der Waals surface area contributed by atoms with Gasteiger partial charge in [-0.2, -0.15) is 0 Å². The van der Waals surface area contributed by atoms with Gasteiger partial charge in [-0.05, 0) is 30.3 Å². The summed E-state index contributed by atoms with van der Waals surface area (Å²) in [5, 5.41) is 3.37. The minimum absolute atomic E-state index is 0.0938. The van der Waals surface area contributed by atoms with E-state index in [0.717, 1.165) is 23.1 Å². The molecule has 1 N–H and O–H groups in total. The Hall–Kier alpha value is -1.10. The third-order valence-corrected chi connectivity index (χ3v) is 4.03. The van der Waals surface area contributed by atoms with Gasteiger partial charge in [0.15, 0.2) is 0 Å². The van der Waals surface area contributed by atoms with Gasteiger partial charge >= 0.3 is 0 Å². The van der Waals surface area contributed by atoms with Crippen LogP contribution in [0.15, 0.2) is 40.9 Å². The van der Waals surface area contributed by atoms with Crippen molar-refractivity contribution in [1.82, 2.24) is 5.32 Å². The molecule has 0 aromatic heterocycles. The van der Waals surface area contributed by atoms with Crippen LogP contribution in [-0.2, 0) is 13.2 Å². The first kappa shape index (κ1) is 16.3. The van der Waals surface area contributed by atoms with Crippen LogP contribution in [0.1, 0.15) is 18.1 Å². The largest absolute Gasteiger partial charge is 0.489 e. The van der Waals surface area contributed by atoms with Gasteiger partial charge in [0, 0.05) is 22.6 Å². The van der Waals surface area contributed by atoms with Crippen LogP contribution in [0.2, 0.25) is 5.02 Å². The maximum absolute atomic E-state index is 13.3. The summed E-state index contributed by atoms with van der Waals surface area (Å²) in [6, 6.07) is 10.5. The molecule has 0 saturated heterocycles. The highest BCUT2D eigenvalue weighted by atomic mass is 79.9. The van der Waals surface area contributed by atoms with Crippen LogP contribution in [-0.4, -0.2) is 6.54 Å². The zero-order valence-corrected chi connectivity index (χ0v) is 14.0. The Morgan fingerprint density at radius 3 is 2.71 bits per heavy atom. The van der Waals surface area contributed by atoms with Crippen LogP contribution in [0.5, 0.6) is 5.75 Å². The fourth-order valence-electron chi connectivity index (χ4n) is 1.81. The van der Waals surface area contributed by atoms with Gasteiger partial charge < -0.3 is 10.1 Å². The minimum atomic E-state index is -0.478. The van der Waals surface area contributed by atoms with E-state index in [2.05, 4.69) is 40.3 Å². The highest BCUT2D eigenvalue weighted by molar-refractivity contribution is 9.10. The summed E-state index contributed by atoms with van der Waals surface area (Å²) in [5.41, 5.74) is 2.20. The van der Waals surface area contributed by atoms with E-state index in [0.29, 0.717) is 12.4 Å². The van der Waals surface area contributed by atoms with Crippen molar-refractivity contribution < 1.29 is 9.13 Å². The maximum atomic E-state index is 13.3. The fraction of sp³-hybridized carbons (Fsp3) is 0.250. The fourth-order valence-corrected chi connectivity index (χ4v) is 2.47. The lowest BCUT2D eigenvalue weighted by Crippen LogP contribution is -2.11. The van der Waals surface area contributed by atoms with Crippen molar-refractivity contribution in [2.24, 2.45) is 0 Å². The van der Waals surface area contributed by atoms with Crippen LogP contribution >= 0.6 is 27.5 Å². The topological polar surface area (TPSA) is 21.3 Å². The number of hydrogen-bond acceptors (Lipinski definition) is 2. The van der Waals surface area contributed by atoms with Gasteiger partial charge in [0.1, 0.15) is 18.2 Å².